The van der Waals surface area contributed by atoms with Crippen LogP contribution in [-0.2, 0) is 14.3 Å². The van der Waals surface area contributed by atoms with Crippen LogP contribution >= 0.6 is 0 Å². The molecule has 8 heteroatoms. The number of rotatable bonds is 2. The SMILES string of the molecule is COC(=O)C1=CC(NC(=O)OC(C)(C)C)C(C(F)(F)F)C1. The Labute approximate surface area is 120 Å². The van der Waals surface area contributed by atoms with E-state index < -0.39 is 42.2 Å². The number of ether oxygens (including phenoxy) is 2. The monoisotopic (exact) mass is 309 g/mol. The standard InChI is InChI=1S/C13H18F3NO4/c1-12(2,3)21-11(19)17-9-6-7(10(18)20-4)5-8(9)13(14,15)16/h6,8-9H,5H2,1-4H3,(H,17,19). The van der Waals surface area contributed by atoms with E-state index in [2.05, 4.69) is 10.1 Å². The number of hydrogen-bond acceptors (Lipinski definition) is 4. The molecule has 0 heterocycles. The molecular formula is C13H18F3NO4. The van der Waals surface area contributed by atoms with Crippen LogP contribution in [0.1, 0.15) is 27.2 Å². The fourth-order valence-corrected chi connectivity index (χ4v) is 1.95. The number of nitrogens with one attached hydrogen (secondary N) is 1. The van der Waals surface area contributed by atoms with E-state index in [4.69, 9.17) is 4.74 Å². The molecule has 120 valence electrons. The highest BCUT2D eigenvalue weighted by molar-refractivity contribution is 5.89. The van der Waals surface area contributed by atoms with Gasteiger partial charge in [0.15, 0.2) is 0 Å². The lowest BCUT2D eigenvalue weighted by molar-refractivity contribution is -0.176. The van der Waals surface area contributed by atoms with E-state index in [0.717, 1.165) is 13.2 Å². The average molecular weight is 309 g/mol. The van der Waals surface area contributed by atoms with Gasteiger partial charge in [-0.2, -0.15) is 13.2 Å². The summed E-state index contributed by atoms with van der Waals surface area (Å²) in [5.41, 5.74) is -0.938. The number of alkyl halides is 3. The van der Waals surface area contributed by atoms with Gasteiger partial charge in [0.05, 0.1) is 19.1 Å². The Morgan fingerprint density at radius 1 is 1.29 bits per heavy atom. The van der Waals surface area contributed by atoms with Crippen molar-refractivity contribution in [3.05, 3.63) is 11.6 Å². The van der Waals surface area contributed by atoms with Gasteiger partial charge < -0.3 is 14.8 Å². The molecule has 1 N–H and O–H groups in total. The lowest BCUT2D eigenvalue weighted by atomic mass is 10.0. The van der Waals surface area contributed by atoms with Crippen LogP contribution in [0.15, 0.2) is 11.6 Å². The molecule has 1 aliphatic carbocycles. The zero-order valence-corrected chi connectivity index (χ0v) is 12.2. The highest BCUT2D eigenvalue weighted by Gasteiger charge is 2.49. The maximum Gasteiger partial charge on any atom is 0.408 e. The third-order valence-electron chi connectivity index (χ3n) is 2.81. The first-order valence-electron chi connectivity index (χ1n) is 6.29. The first-order valence-corrected chi connectivity index (χ1v) is 6.29. The fourth-order valence-electron chi connectivity index (χ4n) is 1.95. The first kappa shape index (κ1) is 17.3. The molecule has 5 nitrogen and oxygen atoms in total. The summed E-state index contributed by atoms with van der Waals surface area (Å²) in [7, 11) is 1.08. The van der Waals surface area contributed by atoms with E-state index in [1.807, 2.05) is 0 Å². The van der Waals surface area contributed by atoms with Crippen molar-refractivity contribution in [1.82, 2.24) is 5.32 Å². The van der Waals surface area contributed by atoms with Crippen molar-refractivity contribution < 1.29 is 32.2 Å². The van der Waals surface area contributed by atoms with Gasteiger partial charge in [0, 0.05) is 5.57 Å². The minimum absolute atomic E-state index is 0.110. The molecule has 0 fully saturated rings. The van der Waals surface area contributed by atoms with Crippen LogP contribution in [0.5, 0.6) is 0 Å². The number of amides is 1. The van der Waals surface area contributed by atoms with Crippen LogP contribution in [0.3, 0.4) is 0 Å². The second kappa shape index (κ2) is 5.95. The summed E-state index contributed by atoms with van der Waals surface area (Å²) in [6.07, 6.45) is -4.99. The minimum Gasteiger partial charge on any atom is -0.466 e. The quantitative estimate of drug-likeness (QED) is 0.796. The number of halogens is 3. The molecule has 2 unspecified atom stereocenters. The molecule has 1 amide bonds. The molecule has 0 saturated carbocycles. The summed E-state index contributed by atoms with van der Waals surface area (Å²) >= 11 is 0. The van der Waals surface area contributed by atoms with Crippen molar-refractivity contribution in [3.63, 3.8) is 0 Å². The summed E-state index contributed by atoms with van der Waals surface area (Å²) in [5.74, 6) is -2.71. The Morgan fingerprint density at radius 3 is 2.29 bits per heavy atom. The molecular weight excluding hydrogens is 291 g/mol. The lowest BCUT2D eigenvalue weighted by Crippen LogP contribution is -2.44. The maximum absolute atomic E-state index is 13.0. The van der Waals surface area contributed by atoms with Gasteiger partial charge in [0.25, 0.3) is 0 Å². The molecule has 0 saturated heterocycles. The molecule has 1 aliphatic rings. The predicted molar refractivity (Wildman–Crippen MR) is 67.4 cm³/mol. The van der Waals surface area contributed by atoms with Crippen molar-refractivity contribution >= 4 is 12.1 Å². The Kier molecular flexibility index (Phi) is 4.91. The van der Waals surface area contributed by atoms with Gasteiger partial charge in [-0.1, -0.05) is 6.08 Å². The van der Waals surface area contributed by atoms with Crippen molar-refractivity contribution in [2.24, 2.45) is 5.92 Å². The van der Waals surface area contributed by atoms with E-state index in [1.54, 1.807) is 20.8 Å². The number of alkyl carbamates (subject to hydrolysis) is 1. The maximum atomic E-state index is 13.0. The number of hydrogen-bond donors (Lipinski definition) is 1. The summed E-state index contributed by atoms with van der Waals surface area (Å²) < 4.78 is 48.2. The van der Waals surface area contributed by atoms with Gasteiger partial charge in [0.1, 0.15) is 5.60 Å². The third-order valence-corrected chi connectivity index (χ3v) is 2.81. The smallest absolute Gasteiger partial charge is 0.408 e. The van der Waals surface area contributed by atoms with Gasteiger partial charge in [0.2, 0.25) is 0 Å². The molecule has 1 rings (SSSR count). The van der Waals surface area contributed by atoms with E-state index in [9.17, 15) is 22.8 Å². The second-order valence-corrected chi connectivity index (χ2v) is 5.71. The van der Waals surface area contributed by atoms with Crippen molar-refractivity contribution in [2.45, 2.75) is 45.0 Å². The third kappa shape index (κ3) is 4.95. The largest absolute Gasteiger partial charge is 0.466 e. The number of methoxy groups -OCH3 is 1. The number of carbonyl (C=O) groups excluding carboxylic acids is 2. The molecule has 0 spiro atoms. The Hall–Kier alpha value is -1.73. The van der Waals surface area contributed by atoms with Gasteiger partial charge >= 0.3 is 18.2 Å². The molecule has 0 aromatic rings. The molecule has 0 aromatic carbocycles. The Bertz CT molecular complexity index is 451. The molecule has 0 aromatic heterocycles. The van der Waals surface area contributed by atoms with Gasteiger partial charge in [-0.25, -0.2) is 9.59 Å². The van der Waals surface area contributed by atoms with Crippen LogP contribution in [0.25, 0.3) is 0 Å². The van der Waals surface area contributed by atoms with Crippen LogP contribution in [0.4, 0.5) is 18.0 Å². The summed E-state index contributed by atoms with van der Waals surface area (Å²) in [6.45, 7) is 4.79. The second-order valence-electron chi connectivity index (χ2n) is 5.71. The predicted octanol–water partition coefficient (Wildman–Crippen LogP) is 2.56. The zero-order chi connectivity index (χ0) is 16.4. The summed E-state index contributed by atoms with van der Waals surface area (Å²) in [6, 6.07) is -1.35. The lowest BCUT2D eigenvalue weighted by Gasteiger charge is -2.25. The first-order chi connectivity index (χ1) is 9.44. The van der Waals surface area contributed by atoms with Crippen LogP contribution in [-0.4, -0.2) is 37.0 Å². The normalized spacial score (nSPS) is 22.5. The van der Waals surface area contributed by atoms with Crippen molar-refractivity contribution in [3.8, 4) is 0 Å². The summed E-state index contributed by atoms with van der Waals surface area (Å²) in [5, 5.41) is 2.14. The molecule has 0 aliphatic heterocycles. The zero-order valence-electron chi connectivity index (χ0n) is 12.2. The average Bonchev–Trinajstić information content (AvgIpc) is 2.68. The Balaban J connectivity index is 2.86. The summed E-state index contributed by atoms with van der Waals surface area (Å²) in [4.78, 5) is 22.9. The molecule has 21 heavy (non-hydrogen) atoms. The van der Waals surface area contributed by atoms with E-state index in [1.165, 1.54) is 0 Å². The van der Waals surface area contributed by atoms with Crippen molar-refractivity contribution in [1.29, 1.82) is 0 Å². The molecule has 2 atom stereocenters. The molecule has 0 radical (unpaired) electrons. The van der Waals surface area contributed by atoms with Gasteiger partial charge in [-0.05, 0) is 27.2 Å². The number of esters is 1. The fraction of sp³-hybridized carbons (Fsp3) is 0.692. The number of carbonyl (C=O) groups is 2. The van der Waals surface area contributed by atoms with Crippen LogP contribution in [0, 0.1) is 5.92 Å². The van der Waals surface area contributed by atoms with E-state index >= 15 is 0 Å². The van der Waals surface area contributed by atoms with Gasteiger partial charge in [-0.15, -0.1) is 0 Å². The Morgan fingerprint density at radius 2 is 1.86 bits per heavy atom. The highest BCUT2D eigenvalue weighted by Crippen LogP contribution is 2.39. The highest BCUT2D eigenvalue weighted by atomic mass is 19.4. The van der Waals surface area contributed by atoms with E-state index in [0.29, 0.717) is 0 Å². The van der Waals surface area contributed by atoms with Crippen LogP contribution < -0.4 is 5.32 Å². The van der Waals surface area contributed by atoms with Crippen molar-refractivity contribution in [2.75, 3.05) is 7.11 Å². The minimum atomic E-state index is -4.55. The topological polar surface area (TPSA) is 64.6 Å². The van der Waals surface area contributed by atoms with Gasteiger partial charge in [-0.3, -0.25) is 0 Å². The molecule has 0 bridgehead atoms. The van der Waals surface area contributed by atoms with E-state index in [-0.39, 0.29) is 5.57 Å². The van der Waals surface area contributed by atoms with Crippen LogP contribution in [0.2, 0.25) is 0 Å².